The number of hydrogen-bond acceptors (Lipinski definition) is 2. The molecule has 0 saturated carbocycles. The van der Waals surface area contributed by atoms with Crippen LogP contribution >= 0.6 is 0 Å². The number of benzene rings is 11. The molecule has 0 aliphatic rings. The summed E-state index contributed by atoms with van der Waals surface area (Å²) in [4.78, 5) is 4.97. The van der Waals surface area contributed by atoms with Crippen LogP contribution in [-0.2, 0) is 0 Å². The molecule has 2 nitrogen and oxygen atoms in total. The summed E-state index contributed by atoms with van der Waals surface area (Å²) in [7, 11) is 0. The average Bonchev–Trinajstić information content (AvgIpc) is 3.38. The number of anilines is 6. The van der Waals surface area contributed by atoms with Crippen molar-refractivity contribution in [2.75, 3.05) is 9.80 Å². The average molecular weight is 873 g/mol. The Kier molecular flexibility index (Phi) is 11.2. The van der Waals surface area contributed by atoms with Gasteiger partial charge in [-0.3, -0.25) is 0 Å². The van der Waals surface area contributed by atoms with Crippen LogP contribution in [0.3, 0.4) is 0 Å². The molecule has 0 aliphatic heterocycles. The third-order valence-electron chi connectivity index (χ3n) is 13.2. The Hall–Kier alpha value is -8.46. The zero-order chi connectivity index (χ0) is 46.1. The van der Waals surface area contributed by atoms with Crippen LogP contribution in [0.1, 0.15) is 22.3 Å². The second kappa shape index (κ2) is 18.1. The molecule has 0 unspecified atom stereocenters. The van der Waals surface area contributed by atoms with Crippen LogP contribution < -0.4 is 9.80 Å². The number of rotatable bonds is 10. The monoisotopic (exact) mass is 872 g/mol. The van der Waals surface area contributed by atoms with Gasteiger partial charge in [0.05, 0.1) is 11.4 Å². The molecule has 11 rings (SSSR count). The first kappa shape index (κ1) is 42.2. The molecule has 0 N–H and O–H groups in total. The molecule has 0 heterocycles. The zero-order valence-corrected chi connectivity index (χ0v) is 39.0. The Labute approximate surface area is 400 Å². The van der Waals surface area contributed by atoms with Gasteiger partial charge in [-0.25, -0.2) is 0 Å². The molecule has 0 aromatic heterocycles. The van der Waals surface area contributed by atoms with E-state index in [9.17, 15) is 0 Å². The van der Waals surface area contributed by atoms with Gasteiger partial charge in [-0.1, -0.05) is 216 Å². The molecule has 0 radical (unpaired) electrons. The van der Waals surface area contributed by atoms with Gasteiger partial charge in [0.15, 0.2) is 0 Å². The number of hydrogen-bond donors (Lipinski definition) is 0. The van der Waals surface area contributed by atoms with E-state index in [0.29, 0.717) is 0 Å². The van der Waals surface area contributed by atoms with Crippen molar-refractivity contribution in [2.24, 2.45) is 0 Å². The van der Waals surface area contributed by atoms with Crippen LogP contribution in [0.25, 0.3) is 66.1 Å². The van der Waals surface area contributed by atoms with E-state index in [1.807, 2.05) is 0 Å². The molecular weight excluding hydrogens is 821 g/mol. The first-order valence-electron chi connectivity index (χ1n) is 23.6. The highest BCUT2D eigenvalue weighted by Gasteiger charge is 2.28. The van der Waals surface area contributed by atoms with Crippen molar-refractivity contribution in [1.82, 2.24) is 0 Å². The van der Waals surface area contributed by atoms with Gasteiger partial charge < -0.3 is 9.80 Å². The Morgan fingerprint density at radius 3 is 0.676 bits per heavy atom. The van der Waals surface area contributed by atoms with Crippen molar-refractivity contribution < 1.29 is 0 Å². The summed E-state index contributed by atoms with van der Waals surface area (Å²) in [5, 5.41) is 4.71. The first-order chi connectivity index (χ1) is 33.3. The highest BCUT2D eigenvalue weighted by molar-refractivity contribution is 6.23. The normalized spacial score (nSPS) is 11.2. The maximum absolute atomic E-state index is 2.49. The number of nitrogens with zero attached hydrogens (tertiary/aromatic N) is 2. The molecule has 0 amide bonds. The standard InChI is InChI=1S/C66H52N2/c1-45-13-9-17-53(41-45)49-25-33-57(34-26-49)67(58-35-27-50(28-36-58)54-18-10-14-46(2)42-54)65-63-23-7-5-21-61(63)62-22-6-8-24-64(62)66(65)68(59-37-29-51(30-38-59)55-19-11-15-47(3)43-55)60-39-31-52(32-40-60)56-20-12-16-48(4)44-56/h5-44H,1-4H3. The Bertz CT molecular complexity index is 3170. The molecule has 11 aromatic carbocycles. The Balaban J connectivity index is 1.19. The van der Waals surface area contributed by atoms with Crippen molar-refractivity contribution in [3.8, 4) is 44.5 Å². The van der Waals surface area contributed by atoms with Gasteiger partial charge in [-0.2, -0.15) is 0 Å². The summed E-state index contributed by atoms with van der Waals surface area (Å²) in [6.45, 7) is 8.63. The lowest BCUT2D eigenvalue weighted by Crippen LogP contribution is -2.18. The second-order valence-corrected chi connectivity index (χ2v) is 18.1. The predicted molar refractivity (Wildman–Crippen MR) is 292 cm³/mol. The van der Waals surface area contributed by atoms with Crippen LogP contribution in [-0.4, -0.2) is 0 Å². The van der Waals surface area contributed by atoms with Gasteiger partial charge >= 0.3 is 0 Å². The summed E-state index contributed by atoms with van der Waals surface area (Å²) >= 11 is 0. The predicted octanol–water partition coefficient (Wildman–Crippen LogP) is 18.8. The fraction of sp³-hybridized carbons (Fsp3) is 0.0606. The smallest absolute Gasteiger partial charge is 0.0788 e. The van der Waals surface area contributed by atoms with Gasteiger partial charge in [-0.05, 0) is 132 Å². The van der Waals surface area contributed by atoms with Gasteiger partial charge in [0, 0.05) is 33.5 Å². The minimum absolute atomic E-state index is 1.07. The van der Waals surface area contributed by atoms with Crippen molar-refractivity contribution in [3.63, 3.8) is 0 Å². The maximum atomic E-state index is 2.49. The van der Waals surface area contributed by atoms with E-state index in [1.165, 1.54) is 77.5 Å². The molecule has 0 bridgehead atoms. The van der Waals surface area contributed by atoms with Crippen LogP contribution in [0, 0.1) is 27.7 Å². The molecule has 68 heavy (non-hydrogen) atoms. The van der Waals surface area contributed by atoms with Gasteiger partial charge in [0.25, 0.3) is 0 Å². The quantitative estimate of drug-likeness (QED) is 0.0998. The number of aryl methyl sites for hydroxylation is 4. The van der Waals surface area contributed by atoms with E-state index in [0.717, 1.165) is 44.9 Å². The number of fused-ring (bicyclic) bond motifs is 3. The summed E-state index contributed by atoms with van der Waals surface area (Å²) in [6, 6.07) is 89.4. The van der Waals surface area contributed by atoms with Crippen molar-refractivity contribution in [1.29, 1.82) is 0 Å². The van der Waals surface area contributed by atoms with Gasteiger partial charge in [0.2, 0.25) is 0 Å². The molecule has 11 aromatic rings. The second-order valence-electron chi connectivity index (χ2n) is 18.1. The highest BCUT2D eigenvalue weighted by Crippen LogP contribution is 2.53. The van der Waals surface area contributed by atoms with Crippen molar-refractivity contribution in [3.05, 3.63) is 265 Å². The van der Waals surface area contributed by atoms with Crippen LogP contribution in [0.5, 0.6) is 0 Å². The van der Waals surface area contributed by atoms with Crippen LogP contribution in [0.2, 0.25) is 0 Å². The fourth-order valence-electron chi connectivity index (χ4n) is 9.88. The van der Waals surface area contributed by atoms with Crippen LogP contribution in [0.4, 0.5) is 34.1 Å². The summed E-state index contributed by atoms with van der Waals surface area (Å²) < 4.78 is 0. The molecule has 326 valence electrons. The van der Waals surface area contributed by atoms with E-state index in [4.69, 9.17) is 0 Å². The molecule has 0 spiro atoms. The van der Waals surface area contributed by atoms with E-state index in [-0.39, 0.29) is 0 Å². The minimum Gasteiger partial charge on any atom is -0.308 e. The SMILES string of the molecule is Cc1cccc(-c2ccc(N(c3ccc(-c4cccc(C)c4)cc3)c3c(N(c4ccc(-c5cccc(C)c5)cc4)c4ccc(-c5cccc(C)c5)cc4)c4ccccc4c4ccccc34)cc2)c1. The fourth-order valence-corrected chi connectivity index (χ4v) is 9.88. The van der Waals surface area contributed by atoms with E-state index in [2.05, 4.69) is 280 Å². The van der Waals surface area contributed by atoms with E-state index < -0.39 is 0 Å². The first-order valence-corrected chi connectivity index (χ1v) is 23.6. The molecule has 0 atom stereocenters. The largest absolute Gasteiger partial charge is 0.308 e. The van der Waals surface area contributed by atoms with Crippen molar-refractivity contribution >= 4 is 55.7 Å². The molecule has 2 heteroatoms. The molecular formula is C66H52N2. The topological polar surface area (TPSA) is 6.48 Å². The lowest BCUT2D eigenvalue weighted by Gasteiger charge is -2.35. The van der Waals surface area contributed by atoms with Crippen LogP contribution in [0.15, 0.2) is 243 Å². The van der Waals surface area contributed by atoms with Gasteiger partial charge in [0.1, 0.15) is 0 Å². The minimum atomic E-state index is 1.07. The summed E-state index contributed by atoms with van der Waals surface area (Å²) in [5.41, 5.74) is 21.0. The Morgan fingerprint density at radius 2 is 0.441 bits per heavy atom. The third-order valence-corrected chi connectivity index (χ3v) is 13.2. The van der Waals surface area contributed by atoms with Crippen molar-refractivity contribution in [2.45, 2.75) is 27.7 Å². The summed E-state index contributed by atoms with van der Waals surface area (Å²) in [6.07, 6.45) is 0. The lowest BCUT2D eigenvalue weighted by molar-refractivity contribution is 1.25. The maximum Gasteiger partial charge on any atom is 0.0788 e. The van der Waals surface area contributed by atoms with E-state index >= 15 is 0 Å². The lowest BCUT2D eigenvalue weighted by atomic mass is 9.94. The third kappa shape index (κ3) is 8.23. The Morgan fingerprint density at radius 1 is 0.206 bits per heavy atom. The molecule has 0 aliphatic carbocycles. The molecule has 0 saturated heterocycles. The zero-order valence-electron chi connectivity index (χ0n) is 39.0. The summed E-state index contributed by atoms with van der Waals surface area (Å²) in [5.74, 6) is 0. The van der Waals surface area contributed by atoms with Gasteiger partial charge in [-0.15, -0.1) is 0 Å². The molecule has 0 fully saturated rings. The van der Waals surface area contributed by atoms with E-state index in [1.54, 1.807) is 0 Å². The highest BCUT2D eigenvalue weighted by atomic mass is 15.2.